The molecule has 2 aromatic heterocycles. The molecule has 2 aliphatic rings. The van der Waals surface area contributed by atoms with Crippen LogP contribution in [0.3, 0.4) is 0 Å². The van der Waals surface area contributed by atoms with E-state index in [1.54, 1.807) is 17.0 Å². The number of benzene rings is 2. The van der Waals surface area contributed by atoms with Gasteiger partial charge in [-0.3, -0.25) is 0 Å². The SMILES string of the molecule is CC1CN(C(=O)OC(C)(C)C)CCN1c1nc(OC[C@@H]2CCCN2C)nc2c(F)c(-c3nc(N)cc4ccccc34)c(Cl)cc12. The van der Waals surface area contributed by atoms with E-state index in [9.17, 15) is 4.79 Å². The monoisotopic (exact) mass is 635 g/mol. The molecule has 4 aromatic rings. The van der Waals surface area contributed by atoms with E-state index in [1.807, 2.05) is 56.9 Å². The second-order valence-electron chi connectivity index (χ2n) is 12.9. The van der Waals surface area contributed by atoms with Crippen LogP contribution in [0.2, 0.25) is 5.02 Å². The highest BCUT2D eigenvalue weighted by atomic mass is 35.5. The molecule has 2 aromatic carbocycles. The lowest BCUT2D eigenvalue weighted by Crippen LogP contribution is -2.55. The molecular weight excluding hydrogens is 597 g/mol. The summed E-state index contributed by atoms with van der Waals surface area (Å²) in [5.41, 5.74) is 6.06. The minimum absolute atomic E-state index is 0.0734. The van der Waals surface area contributed by atoms with E-state index in [0.29, 0.717) is 48.5 Å². The Hall–Kier alpha value is -3.96. The maximum atomic E-state index is 16.8. The second-order valence-corrected chi connectivity index (χ2v) is 13.4. The first-order valence-corrected chi connectivity index (χ1v) is 15.7. The van der Waals surface area contributed by atoms with Crippen LogP contribution in [0.15, 0.2) is 36.4 Å². The molecule has 10 nitrogen and oxygen atoms in total. The Bertz CT molecular complexity index is 1760. The molecule has 1 unspecified atom stereocenters. The third kappa shape index (κ3) is 6.28. The van der Waals surface area contributed by atoms with Gasteiger partial charge in [0.25, 0.3) is 0 Å². The summed E-state index contributed by atoms with van der Waals surface area (Å²) in [4.78, 5) is 32.7. The standard InChI is InChI=1S/C33H39ClFN7O3/c1-19-17-41(32(43)45-33(2,3)4)13-14-42(19)30-23-16-24(34)26(28-22-11-7-6-9-20(22)15-25(36)37-28)27(35)29(23)38-31(39-30)44-18-21-10-8-12-40(21)5/h6-7,9,11,15-16,19,21H,8,10,12-14,17-18H2,1-5H3,(H2,36,37)/t19?,21-/m0/s1. The number of likely N-dealkylation sites (tertiary alicyclic amines) is 1. The molecule has 2 saturated heterocycles. The summed E-state index contributed by atoms with van der Waals surface area (Å²) in [6.07, 6.45) is 1.72. The number of hydrogen-bond donors (Lipinski definition) is 1. The number of halogens is 2. The number of nitrogen functional groups attached to an aromatic ring is 1. The van der Waals surface area contributed by atoms with Crippen molar-refractivity contribution in [3.8, 4) is 17.3 Å². The van der Waals surface area contributed by atoms with Gasteiger partial charge in [-0.05, 0) is 71.6 Å². The van der Waals surface area contributed by atoms with Gasteiger partial charge in [0.2, 0.25) is 0 Å². The number of amides is 1. The summed E-state index contributed by atoms with van der Waals surface area (Å²) in [6.45, 7) is 10.2. The van der Waals surface area contributed by atoms with Crippen molar-refractivity contribution >= 4 is 51.0 Å². The average molecular weight is 636 g/mol. The summed E-state index contributed by atoms with van der Waals surface area (Å²) in [5.74, 6) is 0.111. The van der Waals surface area contributed by atoms with Crippen molar-refractivity contribution in [2.24, 2.45) is 0 Å². The maximum absolute atomic E-state index is 16.8. The highest BCUT2D eigenvalue weighted by Gasteiger charge is 2.33. The van der Waals surface area contributed by atoms with E-state index in [-0.39, 0.29) is 46.1 Å². The van der Waals surface area contributed by atoms with Crippen molar-refractivity contribution in [1.82, 2.24) is 24.8 Å². The number of nitrogens with two attached hydrogens (primary N) is 1. The first kappa shape index (κ1) is 31.0. The van der Waals surface area contributed by atoms with Gasteiger partial charge in [-0.15, -0.1) is 0 Å². The summed E-state index contributed by atoms with van der Waals surface area (Å²) in [7, 11) is 2.07. The fourth-order valence-electron chi connectivity index (χ4n) is 6.20. The van der Waals surface area contributed by atoms with Gasteiger partial charge in [0, 0.05) is 42.5 Å². The number of pyridine rings is 1. The zero-order valence-corrected chi connectivity index (χ0v) is 27.1. The van der Waals surface area contributed by atoms with Crippen LogP contribution in [0.5, 0.6) is 6.01 Å². The van der Waals surface area contributed by atoms with Crippen LogP contribution >= 0.6 is 11.6 Å². The average Bonchev–Trinajstić information content (AvgIpc) is 3.39. The molecule has 4 heterocycles. The molecule has 12 heteroatoms. The number of rotatable bonds is 5. The number of hydrogen-bond acceptors (Lipinski definition) is 9. The lowest BCUT2D eigenvalue weighted by molar-refractivity contribution is 0.0218. The van der Waals surface area contributed by atoms with Gasteiger partial charge in [-0.25, -0.2) is 14.2 Å². The van der Waals surface area contributed by atoms with Gasteiger partial charge in [-0.2, -0.15) is 9.97 Å². The van der Waals surface area contributed by atoms with Crippen LogP contribution in [-0.4, -0.2) is 88.4 Å². The molecule has 6 rings (SSSR count). The number of piperazine rings is 1. The lowest BCUT2D eigenvalue weighted by Gasteiger charge is -2.41. The van der Waals surface area contributed by atoms with Gasteiger partial charge in [0.1, 0.15) is 29.4 Å². The Morgan fingerprint density at radius 3 is 2.60 bits per heavy atom. The summed E-state index contributed by atoms with van der Waals surface area (Å²) >= 11 is 6.87. The molecule has 0 radical (unpaired) electrons. The summed E-state index contributed by atoms with van der Waals surface area (Å²) in [6, 6.07) is 11.1. The largest absolute Gasteiger partial charge is 0.462 e. The molecule has 2 aliphatic heterocycles. The van der Waals surface area contributed by atoms with Gasteiger partial charge in [0.15, 0.2) is 5.82 Å². The fraction of sp³-hybridized carbons (Fsp3) is 0.455. The van der Waals surface area contributed by atoms with Crippen LogP contribution in [0, 0.1) is 5.82 Å². The quantitative estimate of drug-likeness (QED) is 0.277. The third-order valence-electron chi connectivity index (χ3n) is 8.47. The number of anilines is 2. The Balaban J connectivity index is 1.44. The van der Waals surface area contributed by atoms with Crippen molar-refractivity contribution in [3.63, 3.8) is 0 Å². The van der Waals surface area contributed by atoms with Gasteiger partial charge < -0.3 is 29.9 Å². The molecule has 0 saturated carbocycles. The van der Waals surface area contributed by atoms with Crippen molar-refractivity contribution in [2.75, 3.05) is 50.5 Å². The smallest absolute Gasteiger partial charge is 0.410 e. The van der Waals surface area contributed by atoms with Crippen LogP contribution in [0.25, 0.3) is 32.9 Å². The number of likely N-dealkylation sites (N-methyl/N-ethyl adjacent to an activating group) is 1. The zero-order valence-electron chi connectivity index (χ0n) is 26.3. The van der Waals surface area contributed by atoms with Crippen molar-refractivity contribution in [3.05, 3.63) is 47.2 Å². The molecule has 2 N–H and O–H groups in total. The molecule has 0 bridgehead atoms. The first-order valence-electron chi connectivity index (χ1n) is 15.3. The Morgan fingerprint density at radius 2 is 1.89 bits per heavy atom. The van der Waals surface area contributed by atoms with E-state index >= 15 is 4.39 Å². The summed E-state index contributed by atoms with van der Waals surface area (Å²) in [5, 5.41) is 2.14. The number of carbonyl (C=O) groups excluding carboxylic acids is 1. The predicted octanol–water partition coefficient (Wildman–Crippen LogP) is 6.14. The number of fused-ring (bicyclic) bond motifs is 2. The number of nitrogens with zero attached hydrogens (tertiary/aromatic N) is 6. The summed E-state index contributed by atoms with van der Waals surface area (Å²) < 4.78 is 28.6. The Kier molecular flexibility index (Phi) is 8.34. The molecule has 238 valence electrons. The van der Waals surface area contributed by atoms with Crippen LogP contribution < -0.4 is 15.4 Å². The Labute approximate surface area is 267 Å². The van der Waals surface area contributed by atoms with Crippen molar-refractivity contribution in [2.45, 2.75) is 58.2 Å². The fourth-order valence-corrected chi connectivity index (χ4v) is 6.48. The first-order chi connectivity index (χ1) is 21.4. The highest BCUT2D eigenvalue weighted by Crippen LogP contribution is 2.41. The molecular formula is C33H39ClFN7O3. The maximum Gasteiger partial charge on any atom is 0.410 e. The minimum Gasteiger partial charge on any atom is -0.462 e. The number of ether oxygens (including phenoxy) is 2. The zero-order chi connectivity index (χ0) is 32.0. The van der Waals surface area contributed by atoms with Gasteiger partial charge in [-0.1, -0.05) is 35.9 Å². The van der Waals surface area contributed by atoms with Crippen LogP contribution in [-0.2, 0) is 4.74 Å². The van der Waals surface area contributed by atoms with E-state index in [4.69, 9.17) is 31.8 Å². The molecule has 1 amide bonds. The second kappa shape index (κ2) is 12.1. The molecule has 0 spiro atoms. The third-order valence-corrected chi connectivity index (χ3v) is 8.76. The Morgan fingerprint density at radius 1 is 1.11 bits per heavy atom. The van der Waals surface area contributed by atoms with E-state index in [1.165, 1.54) is 0 Å². The normalized spacial score (nSPS) is 19.4. The highest BCUT2D eigenvalue weighted by molar-refractivity contribution is 6.34. The van der Waals surface area contributed by atoms with Gasteiger partial charge >= 0.3 is 12.1 Å². The lowest BCUT2D eigenvalue weighted by atomic mass is 10.0. The number of aromatic nitrogens is 3. The van der Waals surface area contributed by atoms with Crippen LogP contribution in [0.1, 0.15) is 40.5 Å². The topological polar surface area (TPSA) is 110 Å². The van der Waals surface area contributed by atoms with Gasteiger partial charge in [0.05, 0.1) is 16.3 Å². The molecule has 2 atom stereocenters. The van der Waals surface area contributed by atoms with E-state index in [0.717, 1.165) is 24.8 Å². The molecule has 2 fully saturated rings. The van der Waals surface area contributed by atoms with E-state index < -0.39 is 11.4 Å². The van der Waals surface area contributed by atoms with E-state index in [2.05, 4.69) is 21.9 Å². The van der Waals surface area contributed by atoms with Crippen molar-refractivity contribution < 1.29 is 18.7 Å². The van der Waals surface area contributed by atoms with Crippen molar-refractivity contribution in [1.29, 1.82) is 0 Å². The molecule has 0 aliphatic carbocycles. The number of carbonyl (C=O) groups is 1. The molecule has 45 heavy (non-hydrogen) atoms. The minimum atomic E-state index is -0.632. The van der Waals surface area contributed by atoms with Crippen LogP contribution in [0.4, 0.5) is 20.8 Å². The predicted molar refractivity (Wildman–Crippen MR) is 175 cm³/mol.